The third kappa shape index (κ3) is 7.04. The van der Waals surface area contributed by atoms with Crippen molar-refractivity contribution in [3.63, 3.8) is 0 Å². The number of benzene rings is 1. The molecule has 4 nitrogen and oxygen atoms in total. The molecule has 0 aliphatic rings. The van der Waals surface area contributed by atoms with Gasteiger partial charge in [0.1, 0.15) is 5.75 Å². The lowest BCUT2D eigenvalue weighted by Crippen LogP contribution is -2.30. The van der Waals surface area contributed by atoms with Crippen LogP contribution in [0.25, 0.3) is 0 Å². The summed E-state index contributed by atoms with van der Waals surface area (Å²) in [6.45, 7) is 1.12. The van der Waals surface area contributed by atoms with Crippen LogP contribution < -0.4 is 10.1 Å². The summed E-state index contributed by atoms with van der Waals surface area (Å²) in [6.07, 6.45) is 0.146. The smallest absolute Gasteiger partial charge is 0.387 e. The summed E-state index contributed by atoms with van der Waals surface area (Å²) in [4.78, 5) is 11.8. The van der Waals surface area contributed by atoms with Crippen molar-refractivity contribution >= 4 is 5.91 Å². The van der Waals surface area contributed by atoms with Crippen LogP contribution in [0.5, 0.6) is 5.75 Å². The van der Waals surface area contributed by atoms with E-state index in [4.69, 9.17) is 0 Å². The Balaban J connectivity index is 2.51. The van der Waals surface area contributed by atoms with Gasteiger partial charge in [-0.2, -0.15) is 8.78 Å². The molecule has 0 heterocycles. The Morgan fingerprint density at radius 3 is 2.62 bits per heavy atom. The number of carbonyl (C=O) groups is 1. The number of hydrogen-bond donors (Lipinski definition) is 2. The van der Waals surface area contributed by atoms with Crippen LogP contribution in [0, 0.1) is 5.92 Å². The van der Waals surface area contributed by atoms with Crippen molar-refractivity contribution in [2.75, 3.05) is 6.54 Å². The first-order valence-electron chi connectivity index (χ1n) is 6.86. The molecule has 0 radical (unpaired) electrons. The number of para-hydroxylation sites is 1. The van der Waals surface area contributed by atoms with Gasteiger partial charge < -0.3 is 15.2 Å². The number of carbonyl (C=O) groups excluding carboxylic acids is 1. The Morgan fingerprint density at radius 2 is 2.00 bits per heavy atom. The molecule has 1 amide bonds. The summed E-state index contributed by atoms with van der Waals surface area (Å²) < 4.78 is 28.9. The molecule has 21 heavy (non-hydrogen) atoms. The minimum Gasteiger partial charge on any atom is -0.435 e. The van der Waals surface area contributed by atoms with Crippen LogP contribution in [0.3, 0.4) is 0 Å². The number of ether oxygens (including phenoxy) is 1. The highest BCUT2D eigenvalue weighted by molar-refractivity contribution is 5.79. The van der Waals surface area contributed by atoms with Gasteiger partial charge in [0.15, 0.2) is 0 Å². The number of amides is 1. The molecule has 1 rings (SSSR count). The summed E-state index contributed by atoms with van der Waals surface area (Å²) in [5.41, 5.74) is 0.415. The number of alkyl halides is 2. The van der Waals surface area contributed by atoms with E-state index in [9.17, 15) is 18.7 Å². The second kappa shape index (κ2) is 8.56. The third-order valence-corrected chi connectivity index (χ3v) is 2.93. The molecule has 2 N–H and O–H groups in total. The van der Waals surface area contributed by atoms with Crippen LogP contribution >= 0.6 is 0 Å². The molecule has 0 bridgehead atoms. The van der Waals surface area contributed by atoms with Crippen LogP contribution in [0.4, 0.5) is 8.78 Å². The number of rotatable bonds is 8. The van der Waals surface area contributed by atoms with E-state index < -0.39 is 12.7 Å². The summed E-state index contributed by atoms with van der Waals surface area (Å²) in [6, 6.07) is 6.22. The van der Waals surface area contributed by atoms with Crippen molar-refractivity contribution in [2.24, 2.45) is 5.92 Å². The number of halogens is 2. The van der Waals surface area contributed by atoms with Crippen molar-refractivity contribution in [3.05, 3.63) is 29.8 Å². The predicted octanol–water partition coefficient (Wildman–Crippen LogP) is 2.35. The summed E-state index contributed by atoms with van der Waals surface area (Å²) in [5, 5.41) is 12.0. The van der Waals surface area contributed by atoms with Crippen molar-refractivity contribution in [3.8, 4) is 5.75 Å². The molecule has 0 spiro atoms. The predicted molar refractivity (Wildman–Crippen MR) is 75.2 cm³/mol. The van der Waals surface area contributed by atoms with Gasteiger partial charge in [-0.25, -0.2) is 0 Å². The fraction of sp³-hybridized carbons (Fsp3) is 0.533. The van der Waals surface area contributed by atoms with Crippen molar-refractivity contribution in [2.45, 2.75) is 39.4 Å². The maximum atomic E-state index is 12.3. The lowest BCUT2D eigenvalue weighted by molar-refractivity contribution is -0.120. The van der Waals surface area contributed by atoms with Crippen LogP contribution in [0.1, 0.15) is 25.8 Å². The molecule has 2 atom stereocenters. The van der Waals surface area contributed by atoms with Crippen LogP contribution in [-0.2, 0) is 11.2 Å². The van der Waals surface area contributed by atoms with E-state index in [0.29, 0.717) is 18.5 Å². The molecule has 1 aromatic rings. The summed E-state index contributed by atoms with van der Waals surface area (Å²) in [5.74, 6) is -0.112. The van der Waals surface area contributed by atoms with Gasteiger partial charge in [-0.1, -0.05) is 25.1 Å². The van der Waals surface area contributed by atoms with E-state index in [1.165, 1.54) is 6.07 Å². The van der Waals surface area contributed by atoms with Crippen LogP contribution in [0.15, 0.2) is 24.3 Å². The lowest BCUT2D eigenvalue weighted by Gasteiger charge is -2.15. The molecule has 2 unspecified atom stereocenters. The highest BCUT2D eigenvalue weighted by atomic mass is 19.3. The molecule has 0 saturated heterocycles. The number of nitrogens with one attached hydrogen (secondary N) is 1. The Hall–Kier alpha value is -1.69. The lowest BCUT2D eigenvalue weighted by atomic mass is 10.0. The first kappa shape index (κ1) is 17.4. The largest absolute Gasteiger partial charge is 0.435 e. The van der Waals surface area contributed by atoms with E-state index in [0.717, 1.165) is 0 Å². The Labute approximate surface area is 123 Å². The SMILES string of the molecule is CC(O)CC(C)CNC(=O)Cc1ccccc1OC(F)F. The van der Waals surface area contributed by atoms with Crippen LogP contribution in [-0.4, -0.2) is 30.3 Å². The average molecular weight is 301 g/mol. The van der Waals surface area contributed by atoms with E-state index in [-0.39, 0.29) is 24.0 Å². The number of aliphatic hydroxyl groups excluding tert-OH is 1. The highest BCUT2D eigenvalue weighted by Crippen LogP contribution is 2.20. The molecule has 0 fully saturated rings. The van der Waals surface area contributed by atoms with E-state index >= 15 is 0 Å². The van der Waals surface area contributed by atoms with Gasteiger partial charge in [-0.05, 0) is 25.3 Å². The second-order valence-corrected chi connectivity index (χ2v) is 5.16. The third-order valence-electron chi connectivity index (χ3n) is 2.93. The molecule has 0 aliphatic carbocycles. The van der Waals surface area contributed by atoms with Crippen molar-refractivity contribution < 1.29 is 23.4 Å². The quantitative estimate of drug-likeness (QED) is 0.775. The van der Waals surface area contributed by atoms with E-state index in [2.05, 4.69) is 10.1 Å². The van der Waals surface area contributed by atoms with E-state index in [1.807, 2.05) is 6.92 Å². The van der Waals surface area contributed by atoms with Gasteiger partial charge in [0, 0.05) is 12.1 Å². The van der Waals surface area contributed by atoms with Crippen LogP contribution in [0.2, 0.25) is 0 Å². The second-order valence-electron chi connectivity index (χ2n) is 5.16. The van der Waals surface area contributed by atoms with Gasteiger partial charge in [0.2, 0.25) is 5.91 Å². The Morgan fingerprint density at radius 1 is 1.33 bits per heavy atom. The highest BCUT2D eigenvalue weighted by Gasteiger charge is 2.13. The van der Waals surface area contributed by atoms with E-state index in [1.54, 1.807) is 25.1 Å². The average Bonchev–Trinajstić information content (AvgIpc) is 2.37. The zero-order valence-electron chi connectivity index (χ0n) is 12.2. The molecule has 0 saturated carbocycles. The zero-order chi connectivity index (χ0) is 15.8. The number of hydrogen-bond acceptors (Lipinski definition) is 3. The van der Waals surface area contributed by atoms with Crippen molar-refractivity contribution in [1.29, 1.82) is 0 Å². The monoisotopic (exact) mass is 301 g/mol. The van der Waals surface area contributed by atoms with Gasteiger partial charge in [0.25, 0.3) is 0 Å². The molecule has 118 valence electrons. The molecular formula is C15H21F2NO3. The standard InChI is InChI=1S/C15H21F2NO3/c1-10(7-11(2)19)9-18-14(20)8-12-5-3-4-6-13(12)21-15(16)17/h3-6,10-11,15,19H,7-9H2,1-2H3,(H,18,20). The molecule has 0 aromatic heterocycles. The van der Waals surface area contributed by atoms with Gasteiger partial charge >= 0.3 is 6.61 Å². The Kier molecular flexibility index (Phi) is 7.08. The van der Waals surface area contributed by atoms with Gasteiger partial charge in [0.05, 0.1) is 12.5 Å². The topological polar surface area (TPSA) is 58.6 Å². The van der Waals surface area contributed by atoms with Crippen molar-refractivity contribution in [1.82, 2.24) is 5.32 Å². The maximum Gasteiger partial charge on any atom is 0.387 e. The number of aliphatic hydroxyl groups is 1. The molecule has 0 aliphatic heterocycles. The van der Waals surface area contributed by atoms with Gasteiger partial charge in [-0.3, -0.25) is 4.79 Å². The fourth-order valence-corrected chi connectivity index (χ4v) is 2.05. The minimum atomic E-state index is -2.92. The fourth-order valence-electron chi connectivity index (χ4n) is 2.05. The molecular weight excluding hydrogens is 280 g/mol. The zero-order valence-corrected chi connectivity index (χ0v) is 12.2. The molecule has 6 heteroatoms. The minimum absolute atomic E-state index is 0.0136. The normalized spacial score (nSPS) is 13.8. The summed E-state index contributed by atoms with van der Waals surface area (Å²) >= 11 is 0. The summed E-state index contributed by atoms with van der Waals surface area (Å²) in [7, 11) is 0. The maximum absolute atomic E-state index is 12.3. The first-order valence-corrected chi connectivity index (χ1v) is 6.86. The van der Waals surface area contributed by atoms with Gasteiger partial charge in [-0.15, -0.1) is 0 Å². The first-order chi connectivity index (χ1) is 9.88. The molecule has 1 aromatic carbocycles. The Bertz CT molecular complexity index is 452.